The first-order valence-corrected chi connectivity index (χ1v) is 8.15. The molecule has 0 saturated heterocycles. The van der Waals surface area contributed by atoms with Crippen molar-refractivity contribution < 1.29 is 4.79 Å². The van der Waals surface area contributed by atoms with Gasteiger partial charge in [0.05, 0.1) is 34.5 Å². The predicted octanol–water partition coefficient (Wildman–Crippen LogP) is 2.90. The molecule has 128 valence electrons. The molecule has 0 spiro atoms. The van der Waals surface area contributed by atoms with Crippen molar-refractivity contribution in [2.75, 3.05) is 5.32 Å². The third kappa shape index (κ3) is 3.27. The molecule has 4 aromatic rings. The molecule has 0 aliphatic heterocycles. The lowest BCUT2D eigenvalue weighted by molar-refractivity contribution is 0.102. The van der Waals surface area contributed by atoms with Crippen molar-refractivity contribution in [1.29, 1.82) is 0 Å². The highest BCUT2D eigenvalue weighted by molar-refractivity contribution is 6.06. The van der Waals surface area contributed by atoms with Gasteiger partial charge in [0.15, 0.2) is 0 Å². The SMILES string of the molecule is Cc1cnc(Cc2ncccc2NC(=O)c2ccc3[nH]ncc3c2)cn1. The molecule has 0 aliphatic carbocycles. The molecule has 2 N–H and O–H groups in total. The number of hydrogen-bond donors (Lipinski definition) is 2. The second kappa shape index (κ2) is 6.72. The van der Waals surface area contributed by atoms with Gasteiger partial charge in [-0.25, -0.2) is 0 Å². The standard InChI is InChI=1S/C19H16N6O/c1-12-9-22-15(11-21-12)8-18-17(3-2-6-20-18)24-19(26)13-4-5-16-14(7-13)10-23-25-16/h2-7,9-11H,8H2,1H3,(H,23,25)(H,24,26). The average molecular weight is 344 g/mol. The Morgan fingerprint density at radius 2 is 2.04 bits per heavy atom. The monoisotopic (exact) mass is 344 g/mol. The van der Waals surface area contributed by atoms with Crippen LogP contribution in [0.1, 0.15) is 27.4 Å². The molecule has 1 aromatic carbocycles. The number of amides is 1. The van der Waals surface area contributed by atoms with Gasteiger partial charge in [-0.05, 0) is 37.3 Å². The molecule has 3 heterocycles. The molecule has 7 nitrogen and oxygen atoms in total. The molecule has 4 rings (SSSR count). The van der Waals surface area contributed by atoms with E-state index in [1.165, 1.54) is 0 Å². The first-order chi connectivity index (χ1) is 12.7. The number of nitrogens with zero attached hydrogens (tertiary/aromatic N) is 4. The molecule has 0 atom stereocenters. The lowest BCUT2D eigenvalue weighted by Gasteiger charge is -2.10. The Balaban J connectivity index is 1.57. The number of pyridine rings is 1. The number of benzene rings is 1. The zero-order valence-corrected chi connectivity index (χ0v) is 14.1. The summed E-state index contributed by atoms with van der Waals surface area (Å²) >= 11 is 0. The minimum absolute atomic E-state index is 0.197. The van der Waals surface area contributed by atoms with Gasteiger partial charge in [-0.1, -0.05) is 0 Å². The molecule has 26 heavy (non-hydrogen) atoms. The lowest BCUT2D eigenvalue weighted by atomic mass is 10.1. The molecule has 0 radical (unpaired) electrons. The molecule has 0 aliphatic rings. The fraction of sp³-hybridized carbons (Fsp3) is 0.105. The van der Waals surface area contributed by atoms with E-state index in [1.54, 1.807) is 43.0 Å². The number of aryl methyl sites for hydroxylation is 1. The van der Waals surface area contributed by atoms with Crippen LogP contribution in [-0.2, 0) is 6.42 Å². The minimum atomic E-state index is -0.197. The Bertz CT molecular complexity index is 1070. The van der Waals surface area contributed by atoms with E-state index in [2.05, 4.69) is 30.5 Å². The van der Waals surface area contributed by atoms with Crippen molar-refractivity contribution in [1.82, 2.24) is 25.1 Å². The normalized spacial score (nSPS) is 10.8. The van der Waals surface area contributed by atoms with E-state index in [1.807, 2.05) is 19.1 Å². The summed E-state index contributed by atoms with van der Waals surface area (Å²) < 4.78 is 0. The Kier molecular flexibility index (Phi) is 4.10. The topological polar surface area (TPSA) is 96.5 Å². The number of carbonyl (C=O) groups excluding carboxylic acids is 1. The molecule has 0 unspecified atom stereocenters. The molecule has 0 bridgehead atoms. The van der Waals surface area contributed by atoms with E-state index < -0.39 is 0 Å². The Labute approximate surface area is 149 Å². The van der Waals surface area contributed by atoms with Crippen LogP contribution in [-0.4, -0.2) is 31.1 Å². The Morgan fingerprint density at radius 1 is 1.12 bits per heavy atom. The highest BCUT2D eigenvalue weighted by atomic mass is 16.1. The van der Waals surface area contributed by atoms with E-state index in [0.717, 1.165) is 28.0 Å². The van der Waals surface area contributed by atoms with Gasteiger partial charge < -0.3 is 5.32 Å². The highest BCUT2D eigenvalue weighted by Gasteiger charge is 2.12. The summed E-state index contributed by atoms with van der Waals surface area (Å²) in [4.78, 5) is 25.6. The number of carbonyl (C=O) groups is 1. The van der Waals surface area contributed by atoms with Crippen molar-refractivity contribution in [3.05, 3.63) is 77.8 Å². The maximum Gasteiger partial charge on any atom is 0.255 e. The van der Waals surface area contributed by atoms with Crippen LogP contribution in [0.25, 0.3) is 10.9 Å². The van der Waals surface area contributed by atoms with Crippen molar-refractivity contribution in [3.8, 4) is 0 Å². The maximum atomic E-state index is 12.6. The first-order valence-electron chi connectivity index (χ1n) is 8.15. The van der Waals surface area contributed by atoms with E-state index >= 15 is 0 Å². The van der Waals surface area contributed by atoms with Crippen LogP contribution in [0.5, 0.6) is 0 Å². The zero-order valence-electron chi connectivity index (χ0n) is 14.1. The van der Waals surface area contributed by atoms with Gasteiger partial charge in [-0.15, -0.1) is 0 Å². The van der Waals surface area contributed by atoms with Crippen LogP contribution in [0, 0.1) is 6.92 Å². The van der Waals surface area contributed by atoms with Crippen molar-refractivity contribution in [3.63, 3.8) is 0 Å². The van der Waals surface area contributed by atoms with Crippen LogP contribution in [0.2, 0.25) is 0 Å². The quantitative estimate of drug-likeness (QED) is 0.593. The van der Waals surface area contributed by atoms with Gasteiger partial charge in [-0.3, -0.25) is 24.8 Å². The van der Waals surface area contributed by atoms with Gasteiger partial charge in [0.1, 0.15) is 0 Å². The van der Waals surface area contributed by atoms with Crippen LogP contribution < -0.4 is 5.32 Å². The number of rotatable bonds is 4. The largest absolute Gasteiger partial charge is 0.320 e. The average Bonchev–Trinajstić information content (AvgIpc) is 3.13. The number of nitrogens with one attached hydrogen (secondary N) is 2. The number of anilines is 1. The van der Waals surface area contributed by atoms with Crippen molar-refractivity contribution in [2.45, 2.75) is 13.3 Å². The number of fused-ring (bicyclic) bond motifs is 1. The Hall–Kier alpha value is -3.61. The van der Waals surface area contributed by atoms with Crippen LogP contribution >= 0.6 is 0 Å². The summed E-state index contributed by atoms with van der Waals surface area (Å²) in [5, 5.41) is 10.7. The second-order valence-corrected chi connectivity index (χ2v) is 5.95. The summed E-state index contributed by atoms with van der Waals surface area (Å²) in [7, 11) is 0. The summed E-state index contributed by atoms with van der Waals surface area (Å²) in [6.07, 6.45) is 7.32. The first kappa shape index (κ1) is 15.9. The van der Waals surface area contributed by atoms with Gasteiger partial charge >= 0.3 is 0 Å². The predicted molar refractivity (Wildman–Crippen MR) is 97.9 cm³/mol. The lowest BCUT2D eigenvalue weighted by Crippen LogP contribution is -2.14. The van der Waals surface area contributed by atoms with Crippen LogP contribution in [0.4, 0.5) is 5.69 Å². The van der Waals surface area contributed by atoms with Crippen LogP contribution in [0.3, 0.4) is 0 Å². The van der Waals surface area contributed by atoms with Gasteiger partial charge in [0, 0.05) is 36.0 Å². The third-order valence-electron chi connectivity index (χ3n) is 4.02. The highest BCUT2D eigenvalue weighted by Crippen LogP contribution is 2.18. The number of aromatic nitrogens is 5. The van der Waals surface area contributed by atoms with Crippen LogP contribution in [0.15, 0.2) is 55.1 Å². The number of aromatic amines is 1. The minimum Gasteiger partial charge on any atom is -0.320 e. The maximum absolute atomic E-state index is 12.6. The van der Waals surface area contributed by atoms with E-state index in [4.69, 9.17) is 0 Å². The van der Waals surface area contributed by atoms with E-state index in [0.29, 0.717) is 17.7 Å². The summed E-state index contributed by atoms with van der Waals surface area (Å²) in [5.41, 5.74) is 4.50. The third-order valence-corrected chi connectivity index (χ3v) is 4.02. The smallest absolute Gasteiger partial charge is 0.255 e. The number of hydrogen-bond acceptors (Lipinski definition) is 5. The van der Waals surface area contributed by atoms with E-state index in [9.17, 15) is 4.79 Å². The fourth-order valence-electron chi connectivity index (χ4n) is 2.65. The Morgan fingerprint density at radius 3 is 2.88 bits per heavy atom. The molecule has 1 amide bonds. The molecular formula is C19H16N6O. The summed E-state index contributed by atoms with van der Waals surface area (Å²) in [6, 6.07) is 9.02. The molecule has 0 fully saturated rings. The molecule has 0 saturated carbocycles. The molecule has 3 aromatic heterocycles. The molecule has 7 heteroatoms. The second-order valence-electron chi connectivity index (χ2n) is 5.95. The van der Waals surface area contributed by atoms with Crippen molar-refractivity contribution >= 4 is 22.5 Å². The number of H-pyrrole nitrogens is 1. The van der Waals surface area contributed by atoms with Crippen molar-refractivity contribution in [2.24, 2.45) is 0 Å². The molecular weight excluding hydrogens is 328 g/mol. The van der Waals surface area contributed by atoms with Gasteiger partial charge in [0.2, 0.25) is 0 Å². The summed E-state index contributed by atoms with van der Waals surface area (Å²) in [6.45, 7) is 1.89. The van der Waals surface area contributed by atoms with E-state index in [-0.39, 0.29) is 5.91 Å². The zero-order chi connectivity index (χ0) is 17.9. The summed E-state index contributed by atoms with van der Waals surface area (Å²) in [5.74, 6) is -0.197. The van der Waals surface area contributed by atoms with Gasteiger partial charge in [0.25, 0.3) is 5.91 Å². The van der Waals surface area contributed by atoms with Gasteiger partial charge in [-0.2, -0.15) is 5.10 Å². The fourth-order valence-corrected chi connectivity index (χ4v) is 2.65.